The summed E-state index contributed by atoms with van der Waals surface area (Å²) in [6, 6.07) is 0. The molecule has 0 bridgehead atoms. The van der Waals surface area contributed by atoms with Gasteiger partial charge in [0, 0.05) is 6.42 Å². The van der Waals surface area contributed by atoms with Crippen molar-refractivity contribution in [1.82, 2.24) is 0 Å². The van der Waals surface area contributed by atoms with E-state index >= 15 is 0 Å². The van der Waals surface area contributed by atoms with Crippen molar-refractivity contribution in [2.24, 2.45) is 0 Å². The summed E-state index contributed by atoms with van der Waals surface area (Å²) in [5, 5.41) is 0. The lowest BCUT2D eigenvalue weighted by Gasteiger charge is -2.36. The first-order valence-corrected chi connectivity index (χ1v) is 4.72. The Balaban J connectivity index is 0.00000169. The Morgan fingerprint density at radius 3 is 2.79 bits per heavy atom. The topological polar surface area (TPSA) is 26.3 Å². The number of ether oxygens (including phenoxy) is 1. The minimum atomic E-state index is -0.169. The van der Waals surface area contributed by atoms with Crippen LogP contribution in [0.3, 0.4) is 0 Å². The highest BCUT2D eigenvalue weighted by Gasteiger charge is 2.27. The maximum absolute atomic E-state index is 11.3. The fraction of sp³-hybridized carbons (Fsp3) is 0.700. The Kier molecular flexibility index (Phi) is 5.66. The summed E-state index contributed by atoms with van der Waals surface area (Å²) in [7, 11) is 3.62. The number of hydrogen-bond acceptors (Lipinski definition) is 2. The van der Waals surface area contributed by atoms with Gasteiger partial charge in [-0.15, -0.1) is 0 Å². The summed E-state index contributed by atoms with van der Waals surface area (Å²) >= 11 is 0. The van der Waals surface area contributed by atoms with Crippen LogP contribution in [0.15, 0.2) is 11.6 Å². The zero-order valence-electron chi connectivity index (χ0n) is 9.05. The molecule has 0 fully saturated rings. The lowest BCUT2D eigenvalue weighted by molar-refractivity contribution is -0.904. The quantitative estimate of drug-likeness (QED) is 0.334. The van der Waals surface area contributed by atoms with Crippen LogP contribution >= 0.6 is 0 Å². The number of hydrogen-bond donors (Lipinski definition) is 0. The van der Waals surface area contributed by atoms with Crippen LogP contribution in [-0.4, -0.2) is 44.2 Å². The van der Waals surface area contributed by atoms with Crippen molar-refractivity contribution in [3.63, 3.8) is 0 Å². The third-order valence-corrected chi connectivity index (χ3v) is 2.82. The Labute approximate surface area is 103 Å². The van der Waals surface area contributed by atoms with Crippen LogP contribution in [-0.2, 0) is 9.53 Å². The highest BCUT2D eigenvalue weighted by molar-refractivity contribution is 5.88. The molecule has 0 aromatic rings. The lowest BCUT2D eigenvalue weighted by atomic mass is 10.1. The summed E-state index contributed by atoms with van der Waals surface area (Å²) in [6.07, 6.45) is 2.98. The molecule has 1 aliphatic rings. The molecule has 0 radical (unpaired) electrons. The molecule has 0 aliphatic carbocycles. The van der Waals surface area contributed by atoms with Gasteiger partial charge in [0.15, 0.2) is 0 Å². The Bertz CT molecular complexity index is 240. The van der Waals surface area contributed by atoms with Crippen molar-refractivity contribution < 1.29 is 38.0 Å². The number of methoxy groups -OCH3 is 1. The van der Waals surface area contributed by atoms with Crippen molar-refractivity contribution in [2.45, 2.75) is 13.3 Å². The van der Waals surface area contributed by atoms with E-state index in [0.29, 0.717) is 0 Å². The summed E-state index contributed by atoms with van der Waals surface area (Å²) in [4.78, 5) is 11.3. The van der Waals surface area contributed by atoms with E-state index in [4.69, 9.17) is 4.74 Å². The van der Waals surface area contributed by atoms with E-state index in [1.807, 2.05) is 6.08 Å². The monoisotopic (exact) mass is 311 g/mol. The molecule has 1 atom stereocenters. The number of likely N-dealkylation sites (N-methyl/N-ethyl adjacent to an activating group) is 1. The van der Waals surface area contributed by atoms with Gasteiger partial charge in [-0.3, -0.25) is 0 Å². The van der Waals surface area contributed by atoms with Gasteiger partial charge in [-0.1, -0.05) is 6.08 Å². The number of carbonyl (C=O) groups is 1. The largest absolute Gasteiger partial charge is 1.00 e. The second-order valence-electron chi connectivity index (χ2n) is 3.83. The van der Waals surface area contributed by atoms with E-state index in [-0.39, 0.29) is 29.9 Å². The number of rotatable bonds is 2. The highest BCUT2D eigenvalue weighted by atomic mass is 127. The van der Waals surface area contributed by atoms with Gasteiger partial charge in [-0.2, -0.15) is 0 Å². The molecule has 3 nitrogen and oxygen atoms in total. The molecular weight excluding hydrogens is 293 g/mol. The maximum atomic E-state index is 11.3. The van der Waals surface area contributed by atoms with Crippen molar-refractivity contribution in [3.05, 3.63) is 11.6 Å². The van der Waals surface area contributed by atoms with E-state index in [9.17, 15) is 4.79 Å². The molecule has 0 N–H and O–H groups in total. The van der Waals surface area contributed by atoms with Gasteiger partial charge < -0.3 is 33.2 Å². The van der Waals surface area contributed by atoms with Crippen molar-refractivity contribution in [2.75, 3.05) is 33.8 Å². The Hall–Kier alpha value is -0.100. The summed E-state index contributed by atoms with van der Waals surface area (Å²) in [5.41, 5.74) is 0.832. The molecule has 1 heterocycles. The standard InChI is InChI=1S/C10H18NO2.HI/c1-4-11(2)7-5-6-9(8-11)10(12)13-3;/h6H,4-5,7-8H2,1-3H3;1H/q+1;/p-1. The van der Waals surface area contributed by atoms with Gasteiger partial charge in [0.1, 0.15) is 6.54 Å². The highest BCUT2D eigenvalue weighted by Crippen LogP contribution is 2.16. The van der Waals surface area contributed by atoms with Gasteiger partial charge in [0.2, 0.25) is 0 Å². The zero-order valence-corrected chi connectivity index (χ0v) is 11.2. The summed E-state index contributed by atoms with van der Waals surface area (Å²) < 4.78 is 5.66. The van der Waals surface area contributed by atoms with Crippen LogP contribution in [0.4, 0.5) is 0 Å². The molecule has 1 aliphatic heterocycles. The van der Waals surface area contributed by atoms with Gasteiger partial charge in [0.05, 0.1) is 32.8 Å². The van der Waals surface area contributed by atoms with Gasteiger partial charge in [-0.25, -0.2) is 4.79 Å². The molecular formula is C10H18INO2. The molecule has 1 rings (SSSR count). The lowest BCUT2D eigenvalue weighted by Crippen LogP contribution is -3.00. The molecule has 0 amide bonds. The average molecular weight is 311 g/mol. The normalized spacial score (nSPS) is 26.1. The Morgan fingerprint density at radius 2 is 2.29 bits per heavy atom. The zero-order chi connectivity index (χ0) is 9.90. The van der Waals surface area contributed by atoms with Crippen LogP contribution in [0.5, 0.6) is 0 Å². The van der Waals surface area contributed by atoms with E-state index in [1.54, 1.807) is 0 Å². The molecule has 14 heavy (non-hydrogen) atoms. The van der Waals surface area contributed by atoms with E-state index < -0.39 is 0 Å². The van der Waals surface area contributed by atoms with Crippen molar-refractivity contribution in [3.8, 4) is 0 Å². The molecule has 0 spiro atoms. The third-order valence-electron chi connectivity index (χ3n) is 2.82. The fourth-order valence-corrected chi connectivity index (χ4v) is 1.65. The smallest absolute Gasteiger partial charge is 0.339 e. The number of carbonyl (C=O) groups excluding carboxylic acids is 1. The van der Waals surface area contributed by atoms with E-state index in [2.05, 4.69) is 14.0 Å². The average Bonchev–Trinajstić information content (AvgIpc) is 2.17. The SMILES string of the molecule is CC[N+]1(C)CCC=C(C(=O)OC)C1.[I-]. The third kappa shape index (κ3) is 3.24. The number of quaternary nitrogens is 1. The van der Waals surface area contributed by atoms with Crippen molar-refractivity contribution >= 4 is 5.97 Å². The number of esters is 1. The van der Waals surface area contributed by atoms with E-state index in [0.717, 1.165) is 36.1 Å². The van der Waals surface area contributed by atoms with Gasteiger partial charge in [-0.05, 0) is 6.92 Å². The van der Waals surface area contributed by atoms with Crippen LogP contribution < -0.4 is 24.0 Å². The molecule has 4 heteroatoms. The predicted molar refractivity (Wildman–Crippen MR) is 51.2 cm³/mol. The van der Waals surface area contributed by atoms with Gasteiger partial charge >= 0.3 is 5.97 Å². The second kappa shape index (κ2) is 5.70. The van der Waals surface area contributed by atoms with E-state index in [1.165, 1.54) is 7.11 Å². The first kappa shape index (κ1) is 13.9. The minimum Gasteiger partial charge on any atom is -1.00 e. The summed E-state index contributed by atoms with van der Waals surface area (Å²) in [5.74, 6) is -0.169. The first-order valence-electron chi connectivity index (χ1n) is 4.72. The predicted octanol–water partition coefficient (Wildman–Crippen LogP) is -2.04. The van der Waals surface area contributed by atoms with Crippen LogP contribution in [0.25, 0.3) is 0 Å². The molecule has 1 unspecified atom stereocenters. The first-order chi connectivity index (χ1) is 6.11. The number of halogens is 1. The maximum Gasteiger partial charge on any atom is 0.339 e. The van der Waals surface area contributed by atoms with Crippen molar-refractivity contribution in [1.29, 1.82) is 0 Å². The summed E-state index contributed by atoms with van der Waals surface area (Å²) in [6.45, 7) is 5.15. The van der Waals surface area contributed by atoms with Crippen LogP contribution in [0.2, 0.25) is 0 Å². The Morgan fingerprint density at radius 1 is 1.64 bits per heavy atom. The molecule has 82 valence electrons. The second-order valence-corrected chi connectivity index (χ2v) is 3.83. The van der Waals surface area contributed by atoms with Crippen LogP contribution in [0, 0.1) is 0 Å². The molecule has 0 aromatic heterocycles. The molecule has 0 aromatic carbocycles. The number of nitrogens with zero attached hydrogens (tertiary/aromatic N) is 1. The minimum absolute atomic E-state index is 0. The fourth-order valence-electron chi connectivity index (χ4n) is 1.65. The van der Waals surface area contributed by atoms with Gasteiger partial charge in [0.25, 0.3) is 0 Å². The molecule has 0 saturated heterocycles. The van der Waals surface area contributed by atoms with Crippen LogP contribution in [0.1, 0.15) is 13.3 Å². The molecule has 0 saturated carbocycles.